The smallest absolute Gasteiger partial charge is 0.331 e. The van der Waals surface area contributed by atoms with Gasteiger partial charge in [-0.05, 0) is 43.3 Å². The normalized spacial score (nSPS) is 12.8. The Labute approximate surface area is 202 Å². The molecule has 0 atom stereocenters. The molecule has 1 aromatic heterocycles. The van der Waals surface area contributed by atoms with Gasteiger partial charge in [0.05, 0.1) is 19.2 Å². The second-order valence-corrected chi connectivity index (χ2v) is 8.43. The maximum atomic E-state index is 13.1. The van der Waals surface area contributed by atoms with Gasteiger partial charge in [0.1, 0.15) is 18.1 Å². The molecule has 0 aliphatic heterocycles. The third-order valence-corrected chi connectivity index (χ3v) is 6.12. The average Bonchev–Trinajstić information content (AvgIpc) is 3.16. The first kappa shape index (κ1) is 24.1. The topological polar surface area (TPSA) is 103 Å². The highest BCUT2D eigenvalue weighted by Crippen LogP contribution is 2.41. The Morgan fingerprint density at radius 1 is 0.971 bits per heavy atom. The van der Waals surface area contributed by atoms with E-state index in [0.717, 1.165) is 28.5 Å². The van der Waals surface area contributed by atoms with Crippen molar-refractivity contribution < 1.29 is 33.1 Å². The molecule has 35 heavy (non-hydrogen) atoms. The number of esters is 2. The summed E-state index contributed by atoms with van der Waals surface area (Å²) in [6.07, 6.45) is 1.99. The van der Waals surface area contributed by atoms with E-state index in [4.69, 9.17) is 9.15 Å². The minimum absolute atomic E-state index is 0.0892. The summed E-state index contributed by atoms with van der Waals surface area (Å²) in [7, 11) is 3.03. The van der Waals surface area contributed by atoms with Crippen molar-refractivity contribution in [3.8, 4) is 11.3 Å². The van der Waals surface area contributed by atoms with Gasteiger partial charge in [-0.2, -0.15) is 0 Å². The van der Waals surface area contributed by atoms with E-state index in [-0.39, 0.29) is 6.61 Å². The van der Waals surface area contributed by atoms with Crippen LogP contribution >= 0.6 is 0 Å². The molecule has 0 bridgehead atoms. The number of hydrogen-bond donors (Lipinski definition) is 0. The summed E-state index contributed by atoms with van der Waals surface area (Å²) >= 11 is 0. The number of likely N-dealkylation sites (N-methyl/N-ethyl adjacent to an activating group) is 1. The highest BCUT2D eigenvalue weighted by molar-refractivity contribution is 6.54. The van der Waals surface area contributed by atoms with E-state index < -0.39 is 23.5 Å². The van der Waals surface area contributed by atoms with Crippen molar-refractivity contribution >= 4 is 34.3 Å². The number of aryl methyl sites for hydroxylation is 1. The van der Waals surface area contributed by atoms with Crippen LogP contribution in [0.3, 0.4) is 0 Å². The van der Waals surface area contributed by atoms with E-state index in [1.807, 2.05) is 49.2 Å². The largest absolute Gasteiger partial charge is 0.466 e. The van der Waals surface area contributed by atoms with Crippen LogP contribution in [0.1, 0.15) is 37.6 Å². The van der Waals surface area contributed by atoms with Gasteiger partial charge in [0, 0.05) is 35.4 Å². The number of carbonyl (C=O) groups excluding carboxylic acids is 4. The van der Waals surface area contributed by atoms with Crippen molar-refractivity contribution in [1.82, 2.24) is 4.90 Å². The van der Waals surface area contributed by atoms with E-state index >= 15 is 0 Å². The second-order valence-electron chi connectivity index (χ2n) is 8.43. The Kier molecular flexibility index (Phi) is 6.66. The summed E-state index contributed by atoms with van der Waals surface area (Å²) in [4.78, 5) is 50.8. The SMILES string of the molecule is COC(=O)/C=C/C(=O)OCCN(C)Cc1oc2c(c1C)C(=O)C(=O)c1c-2ccc2c(C)cccc12. The third-order valence-electron chi connectivity index (χ3n) is 6.12. The predicted octanol–water partition coefficient (Wildman–Crippen LogP) is 3.80. The number of hydrogen-bond acceptors (Lipinski definition) is 8. The number of furan rings is 1. The zero-order valence-electron chi connectivity index (χ0n) is 20.0. The Balaban J connectivity index is 1.54. The summed E-state index contributed by atoms with van der Waals surface area (Å²) in [6, 6.07) is 9.47. The molecule has 0 N–H and O–H groups in total. The number of methoxy groups -OCH3 is 1. The van der Waals surface area contributed by atoms with Gasteiger partial charge in [0.15, 0.2) is 0 Å². The minimum Gasteiger partial charge on any atom is -0.466 e. The van der Waals surface area contributed by atoms with Crippen molar-refractivity contribution in [1.29, 1.82) is 0 Å². The molecule has 0 unspecified atom stereocenters. The predicted molar refractivity (Wildman–Crippen MR) is 128 cm³/mol. The molecule has 3 aromatic rings. The first-order valence-corrected chi connectivity index (χ1v) is 11.1. The number of fused-ring (bicyclic) bond motifs is 5. The van der Waals surface area contributed by atoms with Gasteiger partial charge in [-0.25, -0.2) is 9.59 Å². The second kappa shape index (κ2) is 9.68. The van der Waals surface area contributed by atoms with Crippen LogP contribution in [0.15, 0.2) is 46.9 Å². The van der Waals surface area contributed by atoms with Crippen LogP contribution in [0.5, 0.6) is 0 Å². The zero-order chi connectivity index (χ0) is 25.3. The van der Waals surface area contributed by atoms with Gasteiger partial charge in [-0.1, -0.05) is 24.3 Å². The average molecular weight is 475 g/mol. The lowest BCUT2D eigenvalue weighted by molar-refractivity contribution is -0.139. The molecule has 0 radical (unpaired) electrons. The van der Waals surface area contributed by atoms with E-state index in [0.29, 0.717) is 46.9 Å². The third kappa shape index (κ3) is 4.52. The number of rotatable bonds is 7. The molecule has 1 aliphatic rings. The molecule has 0 fully saturated rings. The van der Waals surface area contributed by atoms with Crippen molar-refractivity contribution in [2.45, 2.75) is 20.4 Å². The van der Waals surface area contributed by atoms with Crippen molar-refractivity contribution in [3.63, 3.8) is 0 Å². The highest BCUT2D eigenvalue weighted by atomic mass is 16.5. The number of ether oxygens (including phenoxy) is 2. The van der Waals surface area contributed by atoms with Crippen LogP contribution < -0.4 is 0 Å². The fourth-order valence-electron chi connectivity index (χ4n) is 4.23. The van der Waals surface area contributed by atoms with Gasteiger partial charge < -0.3 is 13.9 Å². The Bertz CT molecular complexity index is 1400. The first-order valence-electron chi connectivity index (χ1n) is 11.1. The van der Waals surface area contributed by atoms with Crippen LogP contribution in [0.25, 0.3) is 22.1 Å². The number of carbonyl (C=O) groups is 4. The fourth-order valence-corrected chi connectivity index (χ4v) is 4.23. The van der Waals surface area contributed by atoms with E-state index in [1.165, 1.54) is 7.11 Å². The number of Topliss-reactive ketones (excluding diaryl/α,β-unsaturated/α-hetero) is 2. The van der Waals surface area contributed by atoms with Gasteiger partial charge in [-0.15, -0.1) is 0 Å². The molecule has 8 heteroatoms. The van der Waals surface area contributed by atoms with Crippen molar-refractivity contribution in [3.05, 3.63) is 70.5 Å². The fraction of sp³-hybridized carbons (Fsp3) is 0.259. The molecule has 1 aliphatic carbocycles. The van der Waals surface area contributed by atoms with Crippen LogP contribution in [0.4, 0.5) is 0 Å². The standard InChI is InChI=1S/C27H25NO7/c1-15-6-5-7-18-17(15)8-9-19-24(18)26(32)25(31)23-16(2)20(35-27(19)23)14-28(3)12-13-34-22(30)11-10-21(29)33-4/h5-11H,12-14H2,1-4H3/b11-10+. The number of benzene rings is 2. The van der Waals surface area contributed by atoms with Gasteiger partial charge >= 0.3 is 11.9 Å². The maximum Gasteiger partial charge on any atom is 0.331 e. The molecular weight excluding hydrogens is 450 g/mol. The van der Waals surface area contributed by atoms with E-state index in [9.17, 15) is 19.2 Å². The van der Waals surface area contributed by atoms with Gasteiger partial charge in [-0.3, -0.25) is 14.5 Å². The number of nitrogens with zero attached hydrogens (tertiary/aromatic N) is 1. The molecule has 0 amide bonds. The lowest BCUT2D eigenvalue weighted by atomic mass is 9.83. The van der Waals surface area contributed by atoms with E-state index in [1.54, 1.807) is 6.92 Å². The summed E-state index contributed by atoms with van der Waals surface area (Å²) in [5, 5.41) is 1.66. The number of ketones is 2. The summed E-state index contributed by atoms with van der Waals surface area (Å²) in [6.45, 7) is 4.55. The lowest BCUT2D eigenvalue weighted by Crippen LogP contribution is -2.24. The molecular formula is C27H25NO7. The maximum absolute atomic E-state index is 13.1. The van der Waals surface area contributed by atoms with Crippen LogP contribution in [-0.4, -0.2) is 55.7 Å². The zero-order valence-corrected chi connectivity index (χ0v) is 20.0. The highest BCUT2D eigenvalue weighted by Gasteiger charge is 2.37. The monoisotopic (exact) mass is 475 g/mol. The Morgan fingerprint density at radius 2 is 1.69 bits per heavy atom. The lowest BCUT2D eigenvalue weighted by Gasteiger charge is -2.16. The van der Waals surface area contributed by atoms with Crippen LogP contribution in [0, 0.1) is 13.8 Å². The Morgan fingerprint density at radius 3 is 2.43 bits per heavy atom. The molecule has 0 saturated heterocycles. The molecule has 0 spiro atoms. The Hall–Kier alpha value is -4.04. The summed E-state index contributed by atoms with van der Waals surface area (Å²) in [5.74, 6) is -1.42. The van der Waals surface area contributed by atoms with Crippen LogP contribution in [-0.2, 0) is 25.6 Å². The van der Waals surface area contributed by atoms with Gasteiger partial charge in [0.2, 0.25) is 11.6 Å². The van der Waals surface area contributed by atoms with Crippen molar-refractivity contribution in [2.24, 2.45) is 0 Å². The molecule has 8 nitrogen and oxygen atoms in total. The summed E-state index contributed by atoms with van der Waals surface area (Å²) in [5.41, 5.74) is 2.95. The molecule has 180 valence electrons. The van der Waals surface area contributed by atoms with Crippen LogP contribution in [0.2, 0.25) is 0 Å². The van der Waals surface area contributed by atoms with E-state index in [2.05, 4.69) is 4.74 Å². The molecule has 0 saturated carbocycles. The van der Waals surface area contributed by atoms with Gasteiger partial charge in [0.25, 0.3) is 0 Å². The summed E-state index contributed by atoms with van der Waals surface area (Å²) < 4.78 is 15.7. The molecule has 2 aromatic carbocycles. The first-order chi connectivity index (χ1) is 16.7. The minimum atomic E-state index is -0.656. The van der Waals surface area contributed by atoms with Crippen molar-refractivity contribution in [2.75, 3.05) is 27.3 Å². The molecule has 1 heterocycles. The molecule has 4 rings (SSSR count). The quantitative estimate of drug-likeness (QED) is 0.289.